The highest BCUT2D eigenvalue weighted by molar-refractivity contribution is 6.50. The van der Waals surface area contributed by atoms with E-state index in [1.54, 1.807) is 27.9 Å². The molecule has 0 aliphatic carbocycles. The molecule has 88 valence electrons. The Balaban J connectivity index is 0. The smallest absolute Gasteiger partial charge is 0.418 e. The predicted octanol–water partition coefficient (Wildman–Crippen LogP) is 1.04. The van der Waals surface area contributed by atoms with Gasteiger partial charge in [0.2, 0.25) is 0 Å². The van der Waals surface area contributed by atoms with Gasteiger partial charge in [-0.2, -0.15) is 0 Å². The SMILES string of the molecule is CC(O)[N+](C)(C)C(C)O.F[B-](F)(F)F. The topological polar surface area (TPSA) is 40.5 Å². The zero-order chi connectivity index (χ0) is 12.2. The maximum atomic E-state index is 9.75. The van der Waals surface area contributed by atoms with Crippen LogP contribution in [0.4, 0.5) is 17.3 Å². The molecule has 0 rings (SSSR count). The first-order valence-corrected chi connectivity index (χ1v) is 3.95. The standard InChI is InChI=1S/C6H16NO2.BF4/c1-5(8)7(3,4)6(2)9;2-1(3,4)5/h5-6,8-9H,1-4H3;/q+1;-1. The molecule has 2 N–H and O–H groups in total. The summed E-state index contributed by atoms with van der Waals surface area (Å²) in [4.78, 5) is 0. The van der Waals surface area contributed by atoms with Gasteiger partial charge in [-0.1, -0.05) is 0 Å². The number of hydrogen-bond donors (Lipinski definition) is 2. The zero-order valence-electron chi connectivity index (χ0n) is 8.59. The number of nitrogens with zero attached hydrogens (tertiary/aromatic N) is 1. The number of halogens is 4. The number of aliphatic hydroxyl groups excluding tert-OH is 2. The lowest BCUT2D eigenvalue weighted by Gasteiger charge is -2.35. The predicted molar refractivity (Wildman–Crippen MR) is 45.7 cm³/mol. The van der Waals surface area contributed by atoms with E-state index in [1.807, 2.05) is 0 Å². The maximum absolute atomic E-state index is 9.75. The molecule has 0 saturated carbocycles. The van der Waals surface area contributed by atoms with Gasteiger partial charge in [-0.3, -0.25) is 4.48 Å². The van der Waals surface area contributed by atoms with Gasteiger partial charge in [-0.15, -0.1) is 0 Å². The van der Waals surface area contributed by atoms with Crippen LogP contribution in [0.1, 0.15) is 13.8 Å². The molecule has 0 spiro atoms. The molecular formula is C6H16BF4NO2. The van der Waals surface area contributed by atoms with Crippen LogP contribution < -0.4 is 0 Å². The quantitative estimate of drug-likeness (QED) is 0.316. The first-order valence-electron chi connectivity index (χ1n) is 3.95. The Hall–Kier alpha value is -0.335. The van der Waals surface area contributed by atoms with Crippen LogP contribution in [0.15, 0.2) is 0 Å². The molecule has 0 radical (unpaired) electrons. The fraction of sp³-hybridized carbons (Fsp3) is 1.00. The Labute approximate surface area is 80.6 Å². The summed E-state index contributed by atoms with van der Waals surface area (Å²) < 4.78 is 39.2. The number of rotatable bonds is 2. The molecule has 0 heterocycles. The summed E-state index contributed by atoms with van der Waals surface area (Å²) in [5, 5.41) is 18.1. The van der Waals surface area contributed by atoms with Crippen LogP contribution in [0.3, 0.4) is 0 Å². The summed E-state index contributed by atoms with van der Waals surface area (Å²) in [7, 11) is -2.45. The highest BCUT2D eigenvalue weighted by atomic mass is 19.5. The first kappa shape index (κ1) is 16.1. The van der Waals surface area contributed by atoms with Gasteiger partial charge in [0.1, 0.15) is 0 Å². The van der Waals surface area contributed by atoms with Gasteiger partial charge in [0, 0.05) is 13.8 Å². The first-order chi connectivity index (χ1) is 5.89. The molecule has 0 aliphatic heterocycles. The van der Waals surface area contributed by atoms with Crippen LogP contribution in [0.2, 0.25) is 0 Å². The van der Waals surface area contributed by atoms with Crippen molar-refractivity contribution in [2.24, 2.45) is 0 Å². The number of quaternary nitrogens is 1. The van der Waals surface area contributed by atoms with Crippen molar-refractivity contribution in [2.45, 2.75) is 26.3 Å². The Morgan fingerprint density at radius 1 is 0.929 bits per heavy atom. The fourth-order valence-corrected chi connectivity index (χ4v) is 0.312. The molecule has 0 aromatic carbocycles. The third-order valence-corrected chi connectivity index (χ3v) is 1.93. The monoisotopic (exact) mass is 221 g/mol. The molecule has 0 bridgehead atoms. The third-order valence-electron chi connectivity index (χ3n) is 1.93. The highest BCUT2D eigenvalue weighted by Crippen LogP contribution is 2.07. The fourth-order valence-electron chi connectivity index (χ4n) is 0.312. The van der Waals surface area contributed by atoms with Gasteiger partial charge >= 0.3 is 7.25 Å². The minimum absolute atomic E-state index is 0.222. The van der Waals surface area contributed by atoms with Crippen LogP contribution in [0.5, 0.6) is 0 Å². The molecule has 14 heavy (non-hydrogen) atoms. The summed E-state index contributed by atoms with van der Waals surface area (Å²) >= 11 is 0. The van der Waals surface area contributed by atoms with Crippen molar-refractivity contribution < 1.29 is 32.0 Å². The van der Waals surface area contributed by atoms with Crippen molar-refractivity contribution in [1.82, 2.24) is 0 Å². The van der Waals surface area contributed by atoms with E-state index in [1.165, 1.54) is 0 Å². The Kier molecular flexibility index (Phi) is 6.35. The molecule has 0 fully saturated rings. The average Bonchev–Trinajstić information content (AvgIpc) is 1.82. The minimum Gasteiger partial charge on any atom is -0.418 e. The molecule has 0 saturated heterocycles. The molecule has 2 unspecified atom stereocenters. The van der Waals surface area contributed by atoms with E-state index in [2.05, 4.69) is 0 Å². The molecule has 8 heteroatoms. The van der Waals surface area contributed by atoms with Gasteiger partial charge in [-0.25, -0.2) is 0 Å². The van der Waals surface area contributed by atoms with Crippen LogP contribution in [0, 0.1) is 0 Å². The van der Waals surface area contributed by atoms with Crippen molar-refractivity contribution in [1.29, 1.82) is 0 Å². The van der Waals surface area contributed by atoms with E-state index in [9.17, 15) is 17.3 Å². The van der Waals surface area contributed by atoms with E-state index >= 15 is 0 Å². The van der Waals surface area contributed by atoms with Crippen molar-refractivity contribution >= 4 is 7.25 Å². The van der Waals surface area contributed by atoms with Crippen molar-refractivity contribution in [3.05, 3.63) is 0 Å². The number of hydrogen-bond acceptors (Lipinski definition) is 2. The van der Waals surface area contributed by atoms with Gasteiger partial charge in [0.15, 0.2) is 12.5 Å². The Morgan fingerprint density at radius 3 is 1.07 bits per heavy atom. The van der Waals surface area contributed by atoms with E-state index < -0.39 is 19.7 Å². The molecule has 2 atom stereocenters. The zero-order valence-corrected chi connectivity index (χ0v) is 8.59. The van der Waals surface area contributed by atoms with Crippen LogP contribution in [-0.4, -0.2) is 48.5 Å². The molecule has 3 nitrogen and oxygen atoms in total. The second-order valence-electron chi connectivity index (χ2n) is 3.39. The van der Waals surface area contributed by atoms with Gasteiger partial charge in [-0.05, 0) is 0 Å². The van der Waals surface area contributed by atoms with Crippen LogP contribution in [0.25, 0.3) is 0 Å². The summed E-state index contributed by atoms with van der Waals surface area (Å²) in [6, 6.07) is 0. The summed E-state index contributed by atoms with van der Waals surface area (Å²) in [5.41, 5.74) is 0. The molecule has 0 amide bonds. The summed E-state index contributed by atoms with van der Waals surface area (Å²) in [5.74, 6) is 0. The van der Waals surface area contributed by atoms with Crippen LogP contribution >= 0.6 is 0 Å². The molecule has 0 aromatic rings. The molecule has 0 aromatic heterocycles. The highest BCUT2D eigenvalue weighted by Gasteiger charge is 2.26. The van der Waals surface area contributed by atoms with E-state index in [-0.39, 0.29) is 4.48 Å². The van der Waals surface area contributed by atoms with Crippen molar-refractivity contribution in [3.8, 4) is 0 Å². The lowest BCUT2D eigenvalue weighted by Crippen LogP contribution is -2.53. The minimum atomic E-state index is -6.00. The Morgan fingerprint density at radius 2 is 1.07 bits per heavy atom. The van der Waals surface area contributed by atoms with E-state index in [0.29, 0.717) is 0 Å². The second kappa shape index (κ2) is 5.52. The van der Waals surface area contributed by atoms with Crippen molar-refractivity contribution in [2.75, 3.05) is 14.1 Å². The summed E-state index contributed by atoms with van der Waals surface area (Å²) in [6.45, 7) is 3.32. The number of aliphatic hydroxyl groups is 2. The van der Waals surface area contributed by atoms with Gasteiger partial charge in [0.05, 0.1) is 14.1 Å². The normalized spacial score (nSPS) is 16.7. The lowest BCUT2D eigenvalue weighted by atomic mass is 10.3. The van der Waals surface area contributed by atoms with E-state index in [4.69, 9.17) is 10.2 Å². The second-order valence-corrected chi connectivity index (χ2v) is 3.39. The Bertz CT molecular complexity index is 144. The molecular weight excluding hydrogens is 205 g/mol. The summed E-state index contributed by atoms with van der Waals surface area (Å²) in [6.07, 6.45) is -1.05. The van der Waals surface area contributed by atoms with Crippen LogP contribution in [-0.2, 0) is 0 Å². The average molecular weight is 221 g/mol. The lowest BCUT2D eigenvalue weighted by molar-refractivity contribution is -0.974. The van der Waals surface area contributed by atoms with Gasteiger partial charge in [0.25, 0.3) is 0 Å². The van der Waals surface area contributed by atoms with E-state index in [0.717, 1.165) is 0 Å². The molecule has 0 aliphatic rings. The maximum Gasteiger partial charge on any atom is 0.673 e. The van der Waals surface area contributed by atoms with Crippen molar-refractivity contribution in [3.63, 3.8) is 0 Å². The van der Waals surface area contributed by atoms with Gasteiger partial charge < -0.3 is 27.5 Å². The largest absolute Gasteiger partial charge is 0.673 e. The third kappa shape index (κ3) is 9.75.